The highest BCUT2D eigenvalue weighted by molar-refractivity contribution is 7.00. The summed E-state index contributed by atoms with van der Waals surface area (Å²) in [7, 11) is 0. The fourth-order valence-electron chi connectivity index (χ4n) is 10.6. The number of furan rings is 2. The number of para-hydroxylation sites is 2. The molecule has 0 radical (unpaired) electrons. The van der Waals surface area contributed by atoms with E-state index in [1.165, 1.54) is 55.8 Å². The van der Waals surface area contributed by atoms with Crippen LogP contribution in [0.2, 0.25) is 0 Å². The molecule has 0 atom stereocenters. The number of nitrogens with zero attached hydrogens (tertiary/aromatic N) is 2. The topological polar surface area (TPSA) is 32.8 Å². The van der Waals surface area contributed by atoms with Crippen molar-refractivity contribution in [3.05, 3.63) is 174 Å². The summed E-state index contributed by atoms with van der Waals surface area (Å²) >= 11 is 0. The van der Waals surface area contributed by atoms with Gasteiger partial charge in [0.05, 0.1) is 11.1 Å². The van der Waals surface area contributed by atoms with E-state index in [2.05, 4.69) is 224 Å². The third kappa shape index (κ3) is 6.12. The van der Waals surface area contributed by atoms with E-state index in [1.807, 2.05) is 6.07 Å². The Morgan fingerprint density at radius 3 is 1.58 bits per heavy atom. The number of rotatable bonds is 3. The predicted octanol–water partition coefficient (Wildman–Crippen LogP) is 15.1. The van der Waals surface area contributed by atoms with Gasteiger partial charge in [0.2, 0.25) is 0 Å². The van der Waals surface area contributed by atoms with Crippen LogP contribution < -0.4 is 26.2 Å². The molecule has 0 fully saturated rings. The van der Waals surface area contributed by atoms with Crippen LogP contribution in [0.15, 0.2) is 167 Å². The lowest BCUT2D eigenvalue weighted by molar-refractivity contribution is 0.590. The quantitative estimate of drug-likeness (QED) is 0.166. The minimum absolute atomic E-state index is 0.0172. The van der Waals surface area contributed by atoms with Gasteiger partial charge in [0.25, 0.3) is 6.71 Å². The fraction of sp³-hybridized carbons (Fsp3) is 0.200. The van der Waals surface area contributed by atoms with Crippen LogP contribution in [0.4, 0.5) is 34.1 Å². The monoisotopic (exact) mass is 844 g/mol. The van der Waals surface area contributed by atoms with Crippen LogP contribution >= 0.6 is 0 Å². The molecule has 12 rings (SSSR count). The van der Waals surface area contributed by atoms with Crippen molar-refractivity contribution < 1.29 is 8.83 Å². The molecule has 2 aliphatic heterocycles. The van der Waals surface area contributed by atoms with Crippen LogP contribution in [0.3, 0.4) is 0 Å². The maximum atomic E-state index is 6.59. The van der Waals surface area contributed by atoms with Gasteiger partial charge >= 0.3 is 0 Å². The third-order valence-corrected chi connectivity index (χ3v) is 14.1. The Bertz CT molecular complexity index is 3590. The first-order valence-corrected chi connectivity index (χ1v) is 23.1. The van der Waals surface area contributed by atoms with Crippen molar-refractivity contribution in [1.82, 2.24) is 0 Å². The molecule has 0 unspecified atom stereocenters. The fourth-order valence-corrected chi connectivity index (χ4v) is 10.6. The molecular formula is C60H53BN2O2. The summed E-state index contributed by atoms with van der Waals surface area (Å²) in [6.45, 7) is 21.0. The molecule has 2 aromatic heterocycles. The molecule has 5 heteroatoms. The first kappa shape index (κ1) is 39.6. The molecule has 65 heavy (non-hydrogen) atoms. The zero-order valence-corrected chi connectivity index (χ0v) is 38.8. The second-order valence-corrected chi connectivity index (χ2v) is 21.4. The van der Waals surface area contributed by atoms with Gasteiger partial charge in [0, 0.05) is 44.6 Å². The maximum absolute atomic E-state index is 6.59. The van der Waals surface area contributed by atoms with E-state index in [0.29, 0.717) is 0 Å². The standard InChI is InChI=1S/C60H53BN2O2/c1-58(2,3)38-25-27-47-45(32-38)61-46-33-39(59(4,5)6)26-28-48(46)63(49-20-15-23-55-56(49)43-19-11-13-22-53(43)65-55)51-35-40(60(7,8)9)34-50(57(51)61)62(47)41-17-14-16-36(30-41)37-24-29-54-44(31-37)42-18-10-12-21-52(42)64-54/h10-35H,1-9H3. The summed E-state index contributed by atoms with van der Waals surface area (Å²) in [5.41, 5.74) is 20.6. The molecule has 8 aromatic carbocycles. The van der Waals surface area contributed by atoms with E-state index in [4.69, 9.17) is 8.83 Å². The number of anilines is 6. The Kier molecular flexibility index (Phi) is 8.39. The largest absolute Gasteiger partial charge is 0.456 e. The molecule has 4 nitrogen and oxygen atoms in total. The minimum atomic E-state index is -0.149. The lowest BCUT2D eigenvalue weighted by Gasteiger charge is -2.46. The highest BCUT2D eigenvalue weighted by atomic mass is 16.3. The van der Waals surface area contributed by atoms with Crippen LogP contribution in [0.1, 0.15) is 79.0 Å². The summed E-state index contributed by atoms with van der Waals surface area (Å²) in [4.78, 5) is 5.13. The van der Waals surface area contributed by atoms with Gasteiger partial charge in [0.15, 0.2) is 0 Å². The smallest absolute Gasteiger partial charge is 0.252 e. The molecule has 0 amide bonds. The van der Waals surface area contributed by atoms with Crippen molar-refractivity contribution in [1.29, 1.82) is 0 Å². The normalized spacial score (nSPS) is 13.8. The number of benzene rings is 8. The number of hydrogen-bond acceptors (Lipinski definition) is 4. The number of fused-ring (bicyclic) bond motifs is 10. The summed E-state index contributed by atoms with van der Waals surface area (Å²) in [6.07, 6.45) is 0. The predicted molar refractivity (Wildman–Crippen MR) is 277 cm³/mol. The lowest BCUT2D eigenvalue weighted by Crippen LogP contribution is -2.61. The van der Waals surface area contributed by atoms with Crippen LogP contribution in [0, 0.1) is 0 Å². The summed E-state index contributed by atoms with van der Waals surface area (Å²) < 4.78 is 12.9. The Labute approximate surface area is 382 Å². The maximum Gasteiger partial charge on any atom is 0.252 e. The third-order valence-electron chi connectivity index (χ3n) is 14.1. The molecule has 0 N–H and O–H groups in total. The highest BCUT2D eigenvalue weighted by Crippen LogP contribution is 2.49. The average Bonchev–Trinajstić information content (AvgIpc) is 3.86. The average molecular weight is 845 g/mol. The molecule has 0 bridgehead atoms. The second-order valence-electron chi connectivity index (χ2n) is 21.4. The van der Waals surface area contributed by atoms with Crippen molar-refractivity contribution >= 4 is 101 Å². The van der Waals surface area contributed by atoms with Crippen LogP contribution in [-0.2, 0) is 16.2 Å². The van der Waals surface area contributed by atoms with Crippen molar-refractivity contribution in [3.8, 4) is 11.1 Å². The van der Waals surface area contributed by atoms with Crippen molar-refractivity contribution in [2.45, 2.75) is 78.6 Å². The van der Waals surface area contributed by atoms with Crippen LogP contribution in [0.5, 0.6) is 0 Å². The first-order chi connectivity index (χ1) is 31.1. The summed E-state index contributed by atoms with van der Waals surface area (Å²) in [6, 6.07) is 58.6. The summed E-state index contributed by atoms with van der Waals surface area (Å²) in [5, 5.41) is 4.51. The molecule has 2 aliphatic rings. The van der Waals surface area contributed by atoms with Gasteiger partial charge in [0.1, 0.15) is 22.3 Å². The van der Waals surface area contributed by atoms with Crippen molar-refractivity contribution in [2.24, 2.45) is 0 Å². The van der Waals surface area contributed by atoms with E-state index in [1.54, 1.807) is 0 Å². The first-order valence-electron chi connectivity index (χ1n) is 23.1. The van der Waals surface area contributed by atoms with Crippen molar-refractivity contribution in [2.75, 3.05) is 9.80 Å². The molecule has 0 saturated carbocycles. The molecule has 0 saturated heterocycles. The van der Waals surface area contributed by atoms with Gasteiger partial charge < -0.3 is 18.6 Å². The second kappa shape index (κ2) is 13.8. The Balaban J connectivity index is 1.17. The van der Waals surface area contributed by atoms with Gasteiger partial charge in [-0.2, -0.15) is 0 Å². The Morgan fingerprint density at radius 1 is 0.369 bits per heavy atom. The van der Waals surface area contributed by atoms with Crippen molar-refractivity contribution in [3.63, 3.8) is 0 Å². The van der Waals surface area contributed by atoms with E-state index < -0.39 is 0 Å². The van der Waals surface area contributed by atoms with Crippen LogP contribution in [0.25, 0.3) is 55.0 Å². The van der Waals surface area contributed by atoms with Gasteiger partial charge in [-0.1, -0.05) is 147 Å². The molecule has 0 spiro atoms. The van der Waals surface area contributed by atoms with E-state index in [9.17, 15) is 0 Å². The van der Waals surface area contributed by atoms with Gasteiger partial charge in [-0.15, -0.1) is 0 Å². The molecular weight excluding hydrogens is 791 g/mol. The zero-order chi connectivity index (χ0) is 44.7. The van der Waals surface area contributed by atoms with Crippen LogP contribution in [-0.4, -0.2) is 6.71 Å². The minimum Gasteiger partial charge on any atom is -0.456 e. The molecule has 0 aliphatic carbocycles. The van der Waals surface area contributed by atoms with E-state index in [-0.39, 0.29) is 23.0 Å². The highest BCUT2D eigenvalue weighted by Gasteiger charge is 2.45. The Morgan fingerprint density at radius 2 is 0.908 bits per heavy atom. The van der Waals surface area contributed by atoms with E-state index in [0.717, 1.165) is 66.4 Å². The van der Waals surface area contributed by atoms with E-state index >= 15 is 0 Å². The van der Waals surface area contributed by atoms with Gasteiger partial charge in [-0.05, 0) is 133 Å². The lowest BCUT2D eigenvalue weighted by atomic mass is 9.33. The molecule has 318 valence electrons. The molecule has 10 aromatic rings. The van der Waals surface area contributed by atoms with Gasteiger partial charge in [-0.3, -0.25) is 0 Å². The Hall–Kier alpha value is -6.98. The summed E-state index contributed by atoms with van der Waals surface area (Å²) in [5.74, 6) is 0. The number of hydrogen-bond donors (Lipinski definition) is 0. The zero-order valence-electron chi connectivity index (χ0n) is 38.8. The molecule has 4 heterocycles. The van der Waals surface area contributed by atoms with Gasteiger partial charge in [-0.25, -0.2) is 0 Å². The SMILES string of the molecule is CC(C)(C)c1ccc2c(c1)B1c3cc(C(C)(C)C)ccc3N(c3cccc4oc5ccccc5c34)c3cc(C(C)(C)C)cc(c31)N2c1cccc(-c2ccc3oc4ccccc4c3c2)c1.